The van der Waals surface area contributed by atoms with Crippen LogP contribution in [-0.4, -0.2) is 9.97 Å². The number of fused-ring (bicyclic) bond motifs is 1. The van der Waals surface area contributed by atoms with Crippen molar-refractivity contribution in [2.24, 2.45) is 5.41 Å². The van der Waals surface area contributed by atoms with Gasteiger partial charge in [-0.15, -0.1) is 70.8 Å². The molecule has 0 aliphatic heterocycles. The standard InChI is InChI=1S/C27H30N.C11H8N.Ir/c1-18-15-24(28-17-21(18)19-11-9-8-10-12-19)20-13-14-22-23(16-20)26(4,5)27(6,7)25(22,2)3;1-2-6-10(7-3-1)11-8-4-5-9-12-11;/h8-12,14-17H,1-7H3;1-6,8-9H;/q2*-1;. The summed E-state index contributed by atoms with van der Waals surface area (Å²) >= 11 is 0. The second kappa shape index (κ2) is 11.8. The number of hydrogen-bond donors (Lipinski definition) is 0. The average Bonchev–Trinajstić information content (AvgIpc) is 3.08. The molecule has 2 nitrogen and oxygen atoms in total. The van der Waals surface area contributed by atoms with Gasteiger partial charge in [0.1, 0.15) is 0 Å². The first-order chi connectivity index (χ1) is 19.0. The first-order valence-corrected chi connectivity index (χ1v) is 14.0. The number of nitrogens with zero attached hydrogens (tertiary/aromatic N) is 2. The fourth-order valence-electron chi connectivity index (χ4n) is 5.83. The van der Waals surface area contributed by atoms with Crippen LogP contribution >= 0.6 is 0 Å². The van der Waals surface area contributed by atoms with Crippen molar-refractivity contribution < 1.29 is 20.1 Å². The van der Waals surface area contributed by atoms with Crippen LogP contribution in [0.3, 0.4) is 0 Å². The molecule has 0 unspecified atom stereocenters. The summed E-state index contributed by atoms with van der Waals surface area (Å²) in [7, 11) is 0. The van der Waals surface area contributed by atoms with Crippen molar-refractivity contribution in [3.63, 3.8) is 0 Å². The van der Waals surface area contributed by atoms with Crippen LogP contribution in [0.2, 0.25) is 0 Å². The molecule has 0 spiro atoms. The minimum atomic E-state index is 0. The molecular formula is C38H38IrN2-2. The van der Waals surface area contributed by atoms with Crippen LogP contribution in [0.15, 0.2) is 103 Å². The Hall–Kier alpha value is -3.39. The second-order valence-electron chi connectivity index (χ2n) is 12.3. The molecule has 2 heterocycles. The minimum Gasteiger partial charge on any atom is -0.305 e. The molecule has 0 fully saturated rings. The quantitative estimate of drug-likeness (QED) is 0.174. The molecule has 0 bridgehead atoms. The van der Waals surface area contributed by atoms with Crippen molar-refractivity contribution in [1.29, 1.82) is 0 Å². The van der Waals surface area contributed by atoms with E-state index in [1.807, 2.05) is 54.7 Å². The molecule has 3 aromatic carbocycles. The van der Waals surface area contributed by atoms with E-state index in [2.05, 4.69) is 108 Å². The van der Waals surface area contributed by atoms with Gasteiger partial charge in [-0.1, -0.05) is 90.1 Å². The maximum atomic E-state index is 4.80. The van der Waals surface area contributed by atoms with E-state index >= 15 is 0 Å². The minimum absolute atomic E-state index is 0. The summed E-state index contributed by atoms with van der Waals surface area (Å²) in [5.41, 5.74) is 11.0. The van der Waals surface area contributed by atoms with Gasteiger partial charge in [0.25, 0.3) is 0 Å². The largest absolute Gasteiger partial charge is 0.305 e. The number of rotatable bonds is 3. The maximum Gasteiger partial charge on any atom is 0.0242 e. The van der Waals surface area contributed by atoms with Gasteiger partial charge in [0.15, 0.2) is 0 Å². The zero-order chi connectivity index (χ0) is 28.5. The third-order valence-corrected chi connectivity index (χ3v) is 9.54. The van der Waals surface area contributed by atoms with Gasteiger partial charge < -0.3 is 9.97 Å². The van der Waals surface area contributed by atoms with Crippen LogP contribution in [0.5, 0.6) is 0 Å². The van der Waals surface area contributed by atoms with Crippen molar-refractivity contribution in [1.82, 2.24) is 9.97 Å². The van der Waals surface area contributed by atoms with E-state index in [4.69, 9.17) is 4.98 Å². The van der Waals surface area contributed by atoms with Gasteiger partial charge >= 0.3 is 0 Å². The summed E-state index contributed by atoms with van der Waals surface area (Å²) in [4.78, 5) is 9.02. The zero-order valence-corrected chi connectivity index (χ0v) is 27.4. The molecular weight excluding hydrogens is 677 g/mol. The summed E-state index contributed by atoms with van der Waals surface area (Å²) in [5.74, 6) is 0. The van der Waals surface area contributed by atoms with Gasteiger partial charge in [-0.25, -0.2) is 0 Å². The summed E-state index contributed by atoms with van der Waals surface area (Å²) < 4.78 is 0. The predicted octanol–water partition coefficient (Wildman–Crippen LogP) is 9.67. The van der Waals surface area contributed by atoms with Gasteiger partial charge in [-0.05, 0) is 51.7 Å². The molecule has 0 amide bonds. The molecule has 1 aliphatic carbocycles. The van der Waals surface area contributed by atoms with E-state index in [9.17, 15) is 0 Å². The van der Waals surface area contributed by atoms with Gasteiger partial charge in [0, 0.05) is 38.1 Å². The molecule has 41 heavy (non-hydrogen) atoms. The molecule has 1 aliphatic rings. The van der Waals surface area contributed by atoms with Crippen molar-refractivity contribution in [2.45, 2.75) is 59.3 Å². The Balaban J connectivity index is 0.000000249. The predicted molar refractivity (Wildman–Crippen MR) is 167 cm³/mol. The van der Waals surface area contributed by atoms with Crippen LogP contribution in [0, 0.1) is 24.5 Å². The van der Waals surface area contributed by atoms with Gasteiger partial charge in [-0.3, -0.25) is 0 Å². The van der Waals surface area contributed by atoms with Crippen LogP contribution < -0.4 is 0 Å². The SMILES string of the molecule is Cc1cc(-c2[c-]cc3c(c2)C(C)(C)C(C)(C)C3(C)C)ncc1-c1ccccc1.[Ir].[c-]1ccccc1-c1ccccn1. The van der Waals surface area contributed by atoms with Crippen molar-refractivity contribution in [3.05, 3.63) is 132 Å². The molecule has 1 radical (unpaired) electrons. The molecule has 3 heteroatoms. The summed E-state index contributed by atoms with van der Waals surface area (Å²) in [6.07, 6.45) is 3.79. The summed E-state index contributed by atoms with van der Waals surface area (Å²) in [6.45, 7) is 16.4. The second-order valence-corrected chi connectivity index (χ2v) is 12.3. The van der Waals surface area contributed by atoms with Crippen LogP contribution in [0.25, 0.3) is 33.6 Å². The Morgan fingerprint density at radius 3 is 1.95 bits per heavy atom. The molecule has 211 valence electrons. The Labute approximate surface area is 259 Å². The number of hydrogen-bond acceptors (Lipinski definition) is 2. The Morgan fingerprint density at radius 2 is 1.32 bits per heavy atom. The fraction of sp³-hybridized carbons (Fsp3) is 0.263. The first-order valence-electron chi connectivity index (χ1n) is 14.0. The van der Waals surface area contributed by atoms with E-state index in [1.165, 1.54) is 27.8 Å². The van der Waals surface area contributed by atoms with Gasteiger partial charge in [-0.2, -0.15) is 0 Å². The monoisotopic (exact) mass is 715 g/mol. The summed E-state index contributed by atoms with van der Waals surface area (Å²) in [5, 5.41) is 0. The molecule has 0 N–H and O–H groups in total. The van der Waals surface area contributed by atoms with E-state index in [0.29, 0.717) is 0 Å². The summed E-state index contributed by atoms with van der Waals surface area (Å²) in [6, 6.07) is 37.6. The Bertz CT molecular complexity index is 1570. The zero-order valence-electron chi connectivity index (χ0n) is 25.0. The number of pyridine rings is 2. The van der Waals surface area contributed by atoms with E-state index in [-0.39, 0.29) is 36.4 Å². The number of aromatic nitrogens is 2. The maximum absolute atomic E-state index is 4.80. The molecule has 6 rings (SSSR count). The smallest absolute Gasteiger partial charge is 0.0242 e. The average molecular weight is 715 g/mol. The Morgan fingerprint density at radius 1 is 0.634 bits per heavy atom. The fourth-order valence-corrected chi connectivity index (χ4v) is 5.83. The van der Waals surface area contributed by atoms with Gasteiger partial charge in [0.05, 0.1) is 0 Å². The Kier molecular flexibility index (Phi) is 8.83. The van der Waals surface area contributed by atoms with Crippen molar-refractivity contribution in [3.8, 4) is 33.6 Å². The van der Waals surface area contributed by atoms with Crippen LogP contribution in [-0.2, 0) is 30.9 Å². The number of aryl methyl sites for hydroxylation is 1. The molecule has 0 saturated heterocycles. The van der Waals surface area contributed by atoms with Crippen molar-refractivity contribution >= 4 is 0 Å². The molecule has 2 aromatic heterocycles. The number of benzene rings is 3. The first kappa shape index (κ1) is 30.6. The van der Waals surface area contributed by atoms with Crippen molar-refractivity contribution in [2.75, 3.05) is 0 Å². The topological polar surface area (TPSA) is 25.8 Å². The normalized spacial score (nSPS) is 15.6. The van der Waals surface area contributed by atoms with Gasteiger partial charge in [0.2, 0.25) is 0 Å². The van der Waals surface area contributed by atoms with Crippen LogP contribution in [0.4, 0.5) is 0 Å². The molecule has 0 saturated carbocycles. The van der Waals surface area contributed by atoms with E-state index < -0.39 is 0 Å². The third-order valence-electron chi connectivity index (χ3n) is 9.54. The third kappa shape index (κ3) is 5.58. The van der Waals surface area contributed by atoms with E-state index in [0.717, 1.165) is 22.5 Å². The van der Waals surface area contributed by atoms with Crippen LogP contribution in [0.1, 0.15) is 58.2 Å². The molecule has 5 aromatic rings. The van der Waals surface area contributed by atoms with E-state index in [1.54, 1.807) is 6.20 Å². The molecule has 0 atom stereocenters.